The summed E-state index contributed by atoms with van der Waals surface area (Å²) in [6.07, 6.45) is 8.77. The zero-order chi connectivity index (χ0) is 21.8. The van der Waals surface area contributed by atoms with Gasteiger partial charge in [0.15, 0.2) is 0 Å². The second kappa shape index (κ2) is 9.44. The van der Waals surface area contributed by atoms with E-state index < -0.39 is 0 Å². The number of nitrogens with zero attached hydrogens (tertiary/aromatic N) is 3. The summed E-state index contributed by atoms with van der Waals surface area (Å²) in [5.74, 6) is 1.67. The Morgan fingerprint density at radius 3 is 2.84 bits per heavy atom. The van der Waals surface area contributed by atoms with Crippen LogP contribution >= 0.6 is 0 Å². The molecule has 166 valence electrons. The smallest absolute Gasteiger partial charge is 0.257 e. The van der Waals surface area contributed by atoms with Crippen LogP contribution in [0.25, 0.3) is 0 Å². The fourth-order valence-electron chi connectivity index (χ4n) is 4.34. The Balaban J connectivity index is 1.19. The first-order chi connectivity index (χ1) is 15.7. The molecule has 0 saturated carbocycles. The Morgan fingerprint density at radius 1 is 1.16 bits per heavy atom. The SMILES string of the molecule is O=C(c1ccoc1)N1CCOc2ccc(CN3CCC(Oc4cccnc4)CC3)cc2C1. The molecule has 0 radical (unpaired) electrons. The second-order valence-electron chi connectivity index (χ2n) is 8.31. The maximum Gasteiger partial charge on any atom is 0.257 e. The summed E-state index contributed by atoms with van der Waals surface area (Å²) >= 11 is 0. The van der Waals surface area contributed by atoms with Crippen LogP contribution in [0.4, 0.5) is 0 Å². The molecule has 0 aliphatic carbocycles. The molecule has 1 saturated heterocycles. The van der Waals surface area contributed by atoms with Gasteiger partial charge in [-0.25, -0.2) is 0 Å². The van der Waals surface area contributed by atoms with Crippen molar-refractivity contribution in [2.75, 3.05) is 26.2 Å². The first kappa shape index (κ1) is 20.6. The fraction of sp³-hybridized carbons (Fsp3) is 0.360. The van der Waals surface area contributed by atoms with Crippen molar-refractivity contribution < 1.29 is 18.7 Å². The van der Waals surface area contributed by atoms with Gasteiger partial charge in [0, 0.05) is 37.9 Å². The molecule has 0 spiro atoms. The molecule has 1 fully saturated rings. The quantitative estimate of drug-likeness (QED) is 0.611. The molecule has 7 nitrogen and oxygen atoms in total. The Kier molecular flexibility index (Phi) is 6.07. The number of benzene rings is 1. The second-order valence-corrected chi connectivity index (χ2v) is 8.31. The molecule has 7 heteroatoms. The van der Waals surface area contributed by atoms with Crippen LogP contribution in [-0.2, 0) is 13.1 Å². The minimum Gasteiger partial charge on any atom is -0.491 e. The number of ether oxygens (including phenoxy) is 2. The maximum absolute atomic E-state index is 12.8. The zero-order valence-corrected chi connectivity index (χ0v) is 18.0. The molecule has 0 unspecified atom stereocenters. The van der Waals surface area contributed by atoms with Gasteiger partial charge in [0.2, 0.25) is 0 Å². The number of likely N-dealkylation sites (tertiary alicyclic amines) is 1. The molecule has 0 N–H and O–H groups in total. The van der Waals surface area contributed by atoms with Gasteiger partial charge in [-0.05, 0) is 48.7 Å². The van der Waals surface area contributed by atoms with E-state index in [1.165, 1.54) is 18.1 Å². The summed E-state index contributed by atoms with van der Waals surface area (Å²) in [7, 11) is 0. The molecule has 2 aromatic heterocycles. The molecule has 4 heterocycles. The highest BCUT2D eigenvalue weighted by Crippen LogP contribution is 2.27. The Labute approximate surface area is 187 Å². The average Bonchev–Trinajstić information content (AvgIpc) is 3.28. The van der Waals surface area contributed by atoms with Crippen LogP contribution in [0.2, 0.25) is 0 Å². The highest BCUT2D eigenvalue weighted by atomic mass is 16.5. The Morgan fingerprint density at radius 2 is 2.06 bits per heavy atom. The molecule has 2 aliphatic heterocycles. The average molecular weight is 434 g/mol. The van der Waals surface area contributed by atoms with Crippen LogP contribution in [0.5, 0.6) is 11.5 Å². The van der Waals surface area contributed by atoms with E-state index in [0.29, 0.717) is 25.3 Å². The molecule has 2 aliphatic rings. The van der Waals surface area contributed by atoms with E-state index in [1.807, 2.05) is 23.1 Å². The number of fused-ring (bicyclic) bond motifs is 1. The largest absolute Gasteiger partial charge is 0.491 e. The van der Waals surface area contributed by atoms with Crippen molar-refractivity contribution in [2.45, 2.75) is 32.0 Å². The van der Waals surface area contributed by atoms with E-state index in [4.69, 9.17) is 13.9 Å². The van der Waals surface area contributed by atoms with Crippen molar-refractivity contribution in [3.8, 4) is 11.5 Å². The molecule has 1 amide bonds. The number of furan rings is 1. The van der Waals surface area contributed by atoms with Crippen LogP contribution < -0.4 is 9.47 Å². The van der Waals surface area contributed by atoms with E-state index in [1.54, 1.807) is 18.5 Å². The number of pyridine rings is 1. The summed E-state index contributed by atoms with van der Waals surface area (Å²) in [4.78, 5) is 21.2. The standard InChI is InChI=1S/C25H27N3O4/c29-25(20-7-12-30-18-20)28-11-13-31-24-4-3-19(14-21(24)17-28)16-27-9-5-22(6-10-27)32-23-2-1-8-26-15-23/h1-4,7-8,12,14-15,18,22H,5-6,9-11,13,16-17H2. The van der Waals surface area contributed by atoms with Gasteiger partial charge in [0.25, 0.3) is 5.91 Å². The van der Waals surface area contributed by atoms with Crippen molar-refractivity contribution in [1.82, 2.24) is 14.8 Å². The minimum atomic E-state index is -0.0312. The molecule has 0 atom stereocenters. The van der Waals surface area contributed by atoms with Gasteiger partial charge < -0.3 is 18.8 Å². The van der Waals surface area contributed by atoms with E-state index in [9.17, 15) is 4.79 Å². The van der Waals surface area contributed by atoms with Gasteiger partial charge in [0.1, 0.15) is 30.5 Å². The van der Waals surface area contributed by atoms with Crippen LogP contribution in [-0.4, -0.2) is 53.0 Å². The van der Waals surface area contributed by atoms with Gasteiger partial charge in [-0.2, -0.15) is 0 Å². The van der Waals surface area contributed by atoms with E-state index in [0.717, 1.165) is 49.5 Å². The van der Waals surface area contributed by atoms with Gasteiger partial charge in [-0.3, -0.25) is 14.7 Å². The molecular weight excluding hydrogens is 406 g/mol. The van der Waals surface area contributed by atoms with Crippen LogP contribution in [0.15, 0.2) is 65.7 Å². The number of piperidine rings is 1. The third-order valence-electron chi connectivity index (χ3n) is 6.04. The van der Waals surface area contributed by atoms with Gasteiger partial charge in [-0.15, -0.1) is 0 Å². The lowest BCUT2D eigenvalue weighted by Gasteiger charge is -2.32. The highest BCUT2D eigenvalue weighted by molar-refractivity contribution is 5.93. The molecule has 5 rings (SSSR count). The van der Waals surface area contributed by atoms with Crippen molar-refractivity contribution >= 4 is 5.91 Å². The van der Waals surface area contributed by atoms with Gasteiger partial charge >= 0.3 is 0 Å². The van der Waals surface area contributed by atoms with E-state index >= 15 is 0 Å². The summed E-state index contributed by atoms with van der Waals surface area (Å²) in [5, 5.41) is 0. The summed E-state index contributed by atoms with van der Waals surface area (Å²) < 4.78 is 17.0. The Hall–Kier alpha value is -3.32. The third-order valence-corrected chi connectivity index (χ3v) is 6.04. The monoisotopic (exact) mass is 433 g/mol. The lowest BCUT2D eigenvalue weighted by atomic mass is 10.0. The molecule has 3 aromatic rings. The number of carbonyl (C=O) groups is 1. The van der Waals surface area contributed by atoms with Crippen molar-refractivity contribution in [3.05, 3.63) is 78.0 Å². The minimum absolute atomic E-state index is 0.0312. The van der Waals surface area contributed by atoms with E-state index in [-0.39, 0.29) is 12.0 Å². The molecule has 32 heavy (non-hydrogen) atoms. The number of carbonyl (C=O) groups excluding carboxylic acids is 1. The Bertz CT molecular complexity index is 1030. The summed E-state index contributed by atoms with van der Waals surface area (Å²) in [5.41, 5.74) is 2.85. The lowest BCUT2D eigenvalue weighted by Crippen LogP contribution is -2.37. The van der Waals surface area contributed by atoms with Crippen LogP contribution in [0.1, 0.15) is 34.3 Å². The first-order valence-electron chi connectivity index (χ1n) is 11.1. The maximum atomic E-state index is 12.8. The fourth-order valence-corrected chi connectivity index (χ4v) is 4.34. The predicted molar refractivity (Wildman–Crippen MR) is 119 cm³/mol. The highest BCUT2D eigenvalue weighted by Gasteiger charge is 2.24. The number of hydrogen-bond donors (Lipinski definition) is 0. The first-order valence-corrected chi connectivity index (χ1v) is 11.1. The van der Waals surface area contributed by atoms with Crippen LogP contribution in [0, 0.1) is 0 Å². The predicted octanol–water partition coefficient (Wildman–Crippen LogP) is 3.75. The van der Waals surface area contributed by atoms with Crippen molar-refractivity contribution in [1.29, 1.82) is 0 Å². The molecule has 0 bridgehead atoms. The lowest BCUT2D eigenvalue weighted by molar-refractivity contribution is 0.0732. The van der Waals surface area contributed by atoms with E-state index in [2.05, 4.69) is 22.0 Å². The van der Waals surface area contributed by atoms with Gasteiger partial charge in [0.05, 0.1) is 24.6 Å². The normalized spacial score (nSPS) is 17.3. The summed E-state index contributed by atoms with van der Waals surface area (Å²) in [6, 6.07) is 11.9. The zero-order valence-electron chi connectivity index (χ0n) is 18.0. The summed E-state index contributed by atoms with van der Waals surface area (Å²) in [6.45, 7) is 4.43. The van der Waals surface area contributed by atoms with Crippen LogP contribution in [0.3, 0.4) is 0 Å². The van der Waals surface area contributed by atoms with Crippen molar-refractivity contribution in [2.24, 2.45) is 0 Å². The topological polar surface area (TPSA) is 68.0 Å². The van der Waals surface area contributed by atoms with Gasteiger partial charge in [-0.1, -0.05) is 6.07 Å². The number of rotatable bonds is 5. The number of amides is 1. The number of hydrogen-bond acceptors (Lipinski definition) is 6. The third kappa shape index (κ3) is 4.78. The van der Waals surface area contributed by atoms with Crippen molar-refractivity contribution in [3.63, 3.8) is 0 Å². The molecular formula is C25H27N3O4. The molecule has 1 aromatic carbocycles. The number of aromatic nitrogens is 1.